The van der Waals surface area contributed by atoms with E-state index in [1.807, 2.05) is 42.5 Å². The van der Waals surface area contributed by atoms with Gasteiger partial charge in [0.15, 0.2) is 0 Å². The first kappa shape index (κ1) is 20.8. The first-order valence-corrected chi connectivity index (χ1v) is 10.2. The molecule has 4 nitrogen and oxygen atoms in total. The number of rotatable bonds is 6. The van der Waals surface area contributed by atoms with Crippen molar-refractivity contribution in [2.45, 2.75) is 6.61 Å². The number of carbonyl (C=O) groups is 1. The van der Waals surface area contributed by atoms with E-state index in [0.717, 1.165) is 25.6 Å². The molecule has 0 heterocycles. The molecule has 0 aliphatic heterocycles. The summed E-state index contributed by atoms with van der Waals surface area (Å²) in [5.41, 5.74) is 3.15. The van der Waals surface area contributed by atoms with E-state index in [2.05, 4.69) is 37.9 Å². The zero-order valence-corrected chi connectivity index (χ0v) is 18.3. The standard InChI is InChI=1S/C23H15Br2NO3/c24-20-11-18(10-19(13-26)16-4-2-1-3-5-16)22(21(25)12-20)29-14-15-6-8-17(9-7-15)23(27)28/h1-12H,14H2,(H,27,28)/b19-10+. The van der Waals surface area contributed by atoms with Crippen LogP contribution in [0.3, 0.4) is 0 Å². The van der Waals surface area contributed by atoms with Crippen LogP contribution in [-0.2, 0) is 6.61 Å². The Hall–Kier alpha value is -2.88. The number of hydrogen-bond acceptors (Lipinski definition) is 3. The van der Waals surface area contributed by atoms with E-state index in [-0.39, 0.29) is 12.2 Å². The average Bonchev–Trinajstić information content (AvgIpc) is 2.72. The topological polar surface area (TPSA) is 70.3 Å². The van der Waals surface area contributed by atoms with Crippen molar-refractivity contribution in [3.63, 3.8) is 0 Å². The molecule has 3 aromatic rings. The second kappa shape index (κ2) is 9.55. The van der Waals surface area contributed by atoms with E-state index in [0.29, 0.717) is 11.3 Å². The van der Waals surface area contributed by atoms with Crippen LogP contribution < -0.4 is 4.74 Å². The summed E-state index contributed by atoms with van der Waals surface area (Å²) in [6, 6.07) is 22.0. The highest BCUT2D eigenvalue weighted by Gasteiger charge is 2.12. The molecule has 6 heteroatoms. The van der Waals surface area contributed by atoms with Gasteiger partial charge < -0.3 is 9.84 Å². The second-order valence-electron chi connectivity index (χ2n) is 6.13. The molecule has 0 aliphatic rings. The quantitative estimate of drug-likeness (QED) is 0.300. The third-order valence-electron chi connectivity index (χ3n) is 4.13. The minimum Gasteiger partial charge on any atom is -0.487 e. The Morgan fingerprint density at radius 1 is 1.03 bits per heavy atom. The fourth-order valence-electron chi connectivity index (χ4n) is 2.69. The van der Waals surface area contributed by atoms with E-state index < -0.39 is 5.97 Å². The lowest BCUT2D eigenvalue weighted by atomic mass is 10.0. The third kappa shape index (κ3) is 5.35. The van der Waals surface area contributed by atoms with Crippen molar-refractivity contribution in [1.82, 2.24) is 0 Å². The van der Waals surface area contributed by atoms with Crippen molar-refractivity contribution in [3.8, 4) is 11.8 Å². The van der Waals surface area contributed by atoms with Gasteiger partial charge in [-0.3, -0.25) is 0 Å². The predicted molar refractivity (Wildman–Crippen MR) is 120 cm³/mol. The van der Waals surface area contributed by atoms with E-state index in [1.54, 1.807) is 30.3 Å². The fraction of sp³-hybridized carbons (Fsp3) is 0.0435. The molecule has 3 aromatic carbocycles. The molecule has 0 aliphatic carbocycles. The minimum absolute atomic E-state index is 0.226. The Morgan fingerprint density at radius 2 is 1.72 bits per heavy atom. The summed E-state index contributed by atoms with van der Waals surface area (Å²) in [6.07, 6.45) is 1.79. The molecule has 3 rings (SSSR count). The highest BCUT2D eigenvalue weighted by molar-refractivity contribution is 9.11. The second-order valence-corrected chi connectivity index (χ2v) is 7.90. The van der Waals surface area contributed by atoms with Gasteiger partial charge in [0.05, 0.1) is 21.7 Å². The summed E-state index contributed by atoms with van der Waals surface area (Å²) in [5, 5.41) is 18.6. The summed E-state index contributed by atoms with van der Waals surface area (Å²) in [5.74, 6) is -0.371. The molecular weight excluding hydrogens is 498 g/mol. The Morgan fingerprint density at radius 3 is 2.34 bits per heavy atom. The van der Waals surface area contributed by atoms with Crippen LogP contribution in [-0.4, -0.2) is 11.1 Å². The zero-order chi connectivity index (χ0) is 20.8. The van der Waals surface area contributed by atoms with Gasteiger partial charge in [0.1, 0.15) is 12.4 Å². The number of ether oxygens (including phenoxy) is 1. The van der Waals surface area contributed by atoms with E-state index in [1.165, 1.54) is 0 Å². The maximum absolute atomic E-state index is 11.0. The molecule has 0 spiro atoms. The highest BCUT2D eigenvalue weighted by Crippen LogP contribution is 2.35. The molecule has 144 valence electrons. The van der Waals surface area contributed by atoms with Crippen LogP contribution in [0.5, 0.6) is 5.75 Å². The predicted octanol–water partition coefficient (Wildman–Crippen LogP) is 6.55. The summed E-state index contributed by atoms with van der Waals surface area (Å²) in [7, 11) is 0. The molecule has 0 amide bonds. The van der Waals surface area contributed by atoms with Gasteiger partial charge in [-0.15, -0.1) is 0 Å². The number of benzene rings is 3. The lowest BCUT2D eigenvalue weighted by molar-refractivity contribution is 0.0697. The average molecular weight is 513 g/mol. The molecule has 0 aromatic heterocycles. The number of aromatic carboxylic acids is 1. The van der Waals surface area contributed by atoms with E-state index in [9.17, 15) is 10.1 Å². The third-order valence-corrected chi connectivity index (χ3v) is 5.17. The lowest BCUT2D eigenvalue weighted by Gasteiger charge is -2.13. The molecular formula is C23H15Br2NO3. The highest BCUT2D eigenvalue weighted by atomic mass is 79.9. The van der Waals surface area contributed by atoms with Crippen molar-refractivity contribution in [2.75, 3.05) is 0 Å². The number of carboxylic acid groups (broad SMARTS) is 1. The summed E-state index contributed by atoms with van der Waals surface area (Å²) < 4.78 is 7.61. The number of carboxylic acids is 1. The normalized spacial score (nSPS) is 11.0. The van der Waals surface area contributed by atoms with Crippen LogP contribution in [0.4, 0.5) is 0 Å². The van der Waals surface area contributed by atoms with Crippen molar-refractivity contribution in [2.24, 2.45) is 0 Å². The van der Waals surface area contributed by atoms with Crippen LogP contribution >= 0.6 is 31.9 Å². The van der Waals surface area contributed by atoms with Gasteiger partial charge in [-0.2, -0.15) is 5.26 Å². The van der Waals surface area contributed by atoms with Gasteiger partial charge >= 0.3 is 5.97 Å². The maximum Gasteiger partial charge on any atom is 0.335 e. The van der Waals surface area contributed by atoms with Crippen LogP contribution in [0.1, 0.15) is 27.0 Å². The van der Waals surface area contributed by atoms with Crippen LogP contribution in [0.2, 0.25) is 0 Å². The van der Waals surface area contributed by atoms with Crippen molar-refractivity contribution in [3.05, 3.63) is 97.9 Å². The Bertz CT molecular complexity index is 1100. The molecule has 0 fully saturated rings. The number of hydrogen-bond donors (Lipinski definition) is 1. The zero-order valence-electron chi connectivity index (χ0n) is 15.1. The Balaban J connectivity index is 1.92. The van der Waals surface area contributed by atoms with Gasteiger partial charge in [-0.05, 0) is 57.4 Å². The van der Waals surface area contributed by atoms with Crippen LogP contribution in [0.25, 0.3) is 11.6 Å². The number of halogens is 2. The van der Waals surface area contributed by atoms with Crippen molar-refractivity contribution < 1.29 is 14.6 Å². The Kier molecular flexibility index (Phi) is 6.86. The molecule has 29 heavy (non-hydrogen) atoms. The molecule has 0 bridgehead atoms. The molecule has 0 radical (unpaired) electrons. The van der Waals surface area contributed by atoms with Crippen molar-refractivity contribution in [1.29, 1.82) is 5.26 Å². The van der Waals surface area contributed by atoms with E-state index in [4.69, 9.17) is 9.84 Å². The number of nitriles is 1. The summed E-state index contributed by atoms with van der Waals surface area (Å²) in [6.45, 7) is 0.258. The SMILES string of the molecule is N#C/C(=C\c1cc(Br)cc(Br)c1OCc1ccc(C(=O)O)cc1)c1ccccc1. The minimum atomic E-state index is -0.967. The largest absolute Gasteiger partial charge is 0.487 e. The first-order chi connectivity index (χ1) is 14.0. The summed E-state index contributed by atoms with van der Waals surface area (Å²) >= 11 is 7.00. The number of allylic oxidation sites excluding steroid dienone is 1. The first-order valence-electron chi connectivity index (χ1n) is 8.59. The fourth-order valence-corrected chi connectivity index (χ4v) is 4.06. The van der Waals surface area contributed by atoms with Crippen LogP contribution in [0, 0.1) is 11.3 Å². The smallest absolute Gasteiger partial charge is 0.335 e. The Labute approximate surface area is 185 Å². The van der Waals surface area contributed by atoms with Gasteiger partial charge in [-0.25, -0.2) is 4.79 Å². The van der Waals surface area contributed by atoms with Crippen molar-refractivity contribution >= 4 is 49.5 Å². The van der Waals surface area contributed by atoms with Gasteiger partial charge in [-0.1, -0.05) is 58.4 Å². The summed E-state index contributed by atoms with van der Waals surface area (Å²) in [4.78, 5) is 11.0. The monoisotopic (exact) mass is 511 g/mol. The molecule has 1 N–H and O–H groups in total. The molecule has 0 saturated heterocycles. The molecule has 0 saturated carbocycles. The van der Waals surface area contributed by atoms with Gasteiger partial charge in [0.25, 0.3) is 0 Å². The molecule has 0 atom stereocenters. The van der Waals surface area contributed by atoms with Crippen LogP contribution in [0.15, 0.2) is 75.7 Å². The van der Waals surface area contributed by atoms with E-state index >= 15 is 0 Å². The number of nitrogens with zero attached hydrogens (tertiary/aromatic N) is 1. The lowest BCUT2D eigenvalue weighted by Crippen LogP contribution is -2.00. The molecule has 0 unspecified atom stereocenters. The van der Waals surface area contributed by atoms with Gasteiger partial charge in [0.2, 0.25) is 0 Å². The maximum atomic E-state index is 11.0. The van der Waals surface area contributed by atoms with Gasteiger partial charge in [0, 0.05) is 10.0 Å².